The van der Waals surface area contributed by atoms with E-state index in [0.29, 0.717) is 18.7 Å². The highest BCUT2D eigenvalue weighted by Gasteiger charge is 2.23. The molecular weight excluding hydrogens is 300 g/mol. The van der Waals surface area contributed by atoms with Gasteiger partial charge in [0.05, 0.1) is 17.8 Å². The van der Waals surface area contributed by atoms with Crippen molar-refractivity contribution in [3.63, 3.8) is 0 Å². The molecule has 0 aliphatic carbocycles. The molecule has 0 aromatic carbocycles. The zero-order valence-electron chi connectivity index (χ0n) is 15.1. The molecule has 3 N–H and O–H groups in total. The average molecular weight is 328 g/mol. The van der Waals surface area contributed by atoms with Crippen LogP contribution >= 0.6 is 0 Å². The van der Waals surface area contributed by atoms with Gasteiger partial charge in [-0.15, -0.1) is 0 Å². The Kier molecular flexibility index (Phi) is 5.78. The summed E-state index contributed by atoms with van der Waals surface area (Å²) in [6.07, 6.45) is 3.46. The first-order chi connectivity index (χ1) is 11.4. The first-order valence-corrected chi connectivity index (χ1v) is 8.54. The van der Waals surface area contributed by atoms with Crippen LogP contribution in [0.1, 0.15) is 54.1 Å². The summed E-state index contributed by atoms with van der Waals surface area (Å²) >= 11 is 0. The molecule has 24 heavy (non-hydrogen) atoms. The Bertz CT molecular complexity index is 687. The first-order valence-electron chi connectivity index (χ1n) is 8.54. The molecule has 130 valence electrons. The van der Waals surface area contributed by atoms with E-state index in [1.807, 2.05) is 52.0 Å². The third-order valence-corrected chi connectivity index (χ3v) is 4.87. The summed E-state index contributed by atoms with van der Waals surface area (Å²) < 4.78 is 2.12. The fourth-order valence-electron chi connectivity index (χ4n) is 2.78. The van der Waals surface area contributed by atoms with E-state index in [0.717, 1.165) is 29.9 Å². The lowest BCUT2D eigenvalue weighted by molar-refractivity contribution is 0.0941. The molecule has 0 saturated heterocycles. The Morgan fingerprint density at radius 3 is 2.58 bits per heavy atom. The molecule has 5 heteroatoms. The second-order valence-electron chi connectivity index (χ2n) is 6.44. The molecule has 0 spiro atoms. The Balaban J connectivity index is 2.14. The number of nitrogens with two attached hydrogens (primary N) is 1. The molecule has 0 aliphatic heterocycles. The number of hydrogen-bond acceptors (Lipinski definition) is 3. The van der Waals surface area contributed by atoms with Crippen LogP contribution in [0.15, 0.2) is 30.5 Å². The molecule has 5 nitrogen and oxygen atoms in total. The summed E-state index contributed by atoms with van der Waals surface area (Å²) in [7, 11) is 0. The molecule has 0 fully saturated rings. The van der Waals surface area contributed by atoms with E-state index >= 15 is 0 Å². The second kappa shape index (κ2) is 7.62. The molecule has 2 aromatic heterocycles. The third kappa shape index (κ3) is 4.03. The molecule has 0 atom stereocenters. The van der Waals surface area contributed by atoms with Gasteiger partial charge < -0.3 is 15.6 Å². The van der Waals surface area contributed by atoms with Gasteiger partial charge in [0.15, 0.2) is 0 Å². The quantitative estimate of drug-likeness (QED) is 0.821. The Hall–Kier alpha value is -2.14. The fourth-order valence-corrected chi connectivity index (χ4v) is 2.78. The molecule has 2 heterocycles. The molecule has 0 aliphatic rings. The van der Waals surface area contributed by atoms with Gasteiger partial charge in [0.1, 0.15) is 0 Å². The number of carbonyl (C=O) groups is 1. The highest BCUT2D eigenvalue weighted by atomic mass is 16.1. The number of rotatable bonds is 7. The number of aryl methyl sites for hydroxylation is 1. The van der Waals surface area contributed by atoms with E-state index < -0.39 is 0 Å². The zero-order chi connectivity index (χ0) is 17.7. The van der Waals surface area contributed by atoms with Crippen molar-refractivity contribution in [1.29, 1.82) is 0 Å². The first kappa shape index (κ1) is 18.2. The Morgan fingerprint density at radius 1 is 1.29 bits per heavy atom. The van der Waals surface area contributed by atoms with Gasteiger partial charge in [-0.2, -0.15) is 0 Å². The number of aromatic nitrogens is 2. The highest BCUT2D eigenvalue weighted by molar-refractivity contribution is 5.95. The molecule has 2 rings (SSSR count). The topological polar surface area (TPSA) is 72.9 Å². The van der Waals surface area contributed by atoms with Gasteiger partial charge in [-0.1, -0.05) is 19.9 Å². The van der Waals surface area contributed by atoms with Crippen LogP contribution in [0.3, 0.4) is 0 Å². The lowest BCUT2D eigenvalue weighted by Crippen LogP contribution is -2.49. The maximum absolute atomic E-state index is 12.6. The molecule has 0 saturated carbocycles. The normalized spacial score (nSPS) is 11.5. The van der Waals surface area contributed by atoms with E-state index in [1.165, 1.54) is 0 Å². The smallest absolute Gasteiger partial charge is 0.253 e. The van der Waals surface area contributed by atoms with Gasteiger partial charge in [0.25, 0.3) is 5.91 Å². The van der Waals surface area contributed by atoms with Crippen molar-refractivity contribution >= 4 is 5.91 Å². The van der Waals surface area contributed by atoms with Gasteiger partial charge in [-0.05, 0) is 44.9 Å². The van der Waals surface area contributed by atoms with Crippen LogP contribution < -0.4 is 11.1 Å². The number of hydrogen-bond donors (Lipinski definition) is 2. The van der Waals surface area contributed by atoms with E-state index in [4.69, 9.17) is 5.73 Å². The van der Waals surface area contributed by atoms with Crippen LogP contribution in [-0.2, 0) is 6.54 Å². The van der Waals surface area contributed by atoms with Gasteiger partial charge in [-0.25, -0.2) is 0 Å². The van der Waals surface area contributed by atoms with Crippen molar-refractivity contribution in [2.45, 2.75) is 52.6 Å². The lowest BCUT2D eigenvalue weighted by atomic mass is 9.94. The number of pyridine rings is 1. The molecule has 0 unspecified atom stereocenters. The van der Waals surface area contributed by atoms with Crippen molar-refractivity contribution in [3.05, 3.63) is 53.1 Å². The predicted molar refractivity (Wildman–Crippen MR) is 97.1 cm³/mol. The number of amides is 1. The predicted octanol–water partition coefficient (Wildman–Crippen LogP) is 2.80. The zero-order valence-corrected chi connectivity index (χ0v) is 15.1. The molecular formula is C19H28N4O. The molecule has 2 aromatic rings. The van der Waals surface area contributed by atoms with Crippen molar-refractivity contribution < 1.29 is 4.79 Å². The van der Waals surface area contributed by atoms with Crippen LogP contribution in [0.4, 0.5) is 0 Å². The van der Waals surface area contributed by atoms with Crippen LogP contribution in [0.5, 0.6) is 0 Å². The van der Waals surface area contributed by atoms with Crippen molar-refractivity contribution in [1.82, 2.24) is 14.9 Å². The third-order valence-electron chi connectivity index (χ3n) is 4.87. The van der Waals surface area contributed by atoms with Crippen LogP contribution in [0.2, 0.25) is 0 Å². The number of nitrogens with zero attached hydrogens (tertiary/aromatic N) is 2. The standard InChI is InChI=1S/C19H28N4O/c1-5-19(20,6-2)13-22-18(24)17-11-14(3)23(15(17)4)12-16-9-7-8-10-21-16/h7-11H,5-6,12-13,20H2,1-4H3,(H,22,24). The summed E-state index contributed by atoms with van der Waals surface area (Å²) in [6.45, 7) is 9.24. The average Bonchev–Trinajstić information content (AvgIpc) is 2.88. The number of carbonyl (C=O) groups excluding carboxylic acids is 1. The summed E-state index contributed by atoms with van der Waals surface area (Å²) in [5.74, 6) is -0.0629. The Morgan fingerprint density at radius 2 is 2.00 bits per heavy atom. The highest BCUT2D eigenvalue weighted by Crippen LogP contribution is 2.17. The van der Waals surface area contributed by atoms with Gasteiger partial charge >= 0.3 is 0 Å². The van der Waals surface area contributed by atoms with Crippen LogP contribution in [0, 0.1) is 13.8 Å². The van der Waals surface area contributed by atoms with E-state index in [1.54, 1.807) is 6.20 Å². The van der Waals surface area contributed by atoms with Crippen LogP contribution in [-0.4, -0.2) is 27.5 Å². The van der Waals surface area contributed by atoms with E-state index in [9.17, 15) is 4.79 Å². The summed E-state index contributed by atoms with van der Waals surface area (Å²) in [4.78, 5) is 16.9. The van der Waals surface area contributed by atoms with Crippen molar-refractivity contribution in [3.8, 4) is 0 Å². The summed E-state index contributed by atoms with van der Waals surface area (Å²) in [5, 5.41) is 2.99. The van der Waals surface area contributed by atoms with E-state index in [2.05, 4.69) is 14.9 Å². The van der Waals surface area contributed by atoms with Crippen molar-refractivity contribution in [2.75, 3.05) is 6.54 Å². The fraction of sp³-hybridized carbons (Fsp3) is 0.474. The maximum Gasteiger partial charge on any atom is 0.253 e. The largest absolute Gasteiger partial charge is 0.350 e. The monoisotopic (exact) mass is 328 g/mol. The maximum atomic E-state index is 12.6. The van der Waals surface area contributed by atoms with Gasteiger partial charge in [-0.3, -0.25) is 9.78 Å². The SMILES string of the molecule is CCC(N)(CC)CNC(=O)c1cc(C)n(Cc2ccccn2)c1C. The van der Waals surface area contributed by atoms with Crippen molar-refractivity contribution in [2.24, 2.45) is 5.73 Å². The van der Waals surface area contributed by atoms with Gasteiger partial charge in [0.2, 0.25) is 0 Å². The molecule has 0 radical (unpaired) electrons. The lowest BCUT2D eigenvalue weighted by Gasteiger charge is -2.26. The minimum Gasteiger partial charge on any atom is -0.350 e. The minimum atomic E-state index is -0.338. The number of nitrogens with one attached hydrogen (secondary N) is 1. The summed E-state index contributed by atoms with van der Waals surface area (Å²) in [5.41, 5.74) is 9.61. The minimum absolute atomic E-state index is 0.0629. The Labute approximate surface area is 144 Å². The summed E-state index contributed by atoms with van der Waals surface area (Å²) in [6, 6.07) is 7.80. The van der Waals surface area contributed by atoms with E-state index in [-0.39, 0.29) is 11.4 Å². The van der Waals surface area contributed by atoms with Gasteiger partial charge in [0, 0.05) is 29.7 Å². The molecule has 1 amide bonds. The van der Waals surface area contributed by atoms with Crippen LogP contribution in [0.25, 0.3) is 0 Å². The molecule has 0 bridgehead atoms. The second-order valence-corrected chi connectivity index (χ2v) is 6.44.